The summed E-state index contributed by atoms with van der Waals surface area (Å²) in [6.45, 7) is 12.0. The lowest BCUT2D eigenvalue weighted by Gasteiger charge is -2.53. The molecule has 0 aliphatic heterocycles. The molecule has 1 aromatic rings. The Morgan fingerprint density at radius 2 is 1.86 bits per heavy atom. The summed E-state index contributed by atoms with van der Waals surface area (Å²) in [5, 5.41) is 3.86. The van der Waals surface area contributed by atoms with Crippen molar-refractivity contribution in [1.29, 1.82) is 0 Å². The van der Waals surface area contributed by atoms with E-state index in [1.165, 1.54) is 11.1 Å². The predicted octanol–water partition coefficient (Wildman–Crippen LogP) is 4.49. The lowest BCUT2D eigenvalue weighted by molar-refractivity contribution is -0.116. The van der Waals surface area contributed by atoms with E-state index in [1.807, 2.05) is 0 Å². The third-order valence-corrected chi connectivity index (χ3v) is 5.15. The molecule has 0 saturated heterocycles. The van der Waals surface area contributed by atoms with E-state index >= 15 is 0 Å². The molecule has 1 aliphatic carbocycles. The Balaban J connectivity index is 1.99. The van der Waals surface area contributed by atoms with Gasteiger partial charge in [0.05, 0.1) is 6.10 Å². The Bertz CT molecular complexity index is 437. The maximum absolute atomic E-state index is 5.83. The van der Waals surface area contributed by atoms with E-state index in [4.69, 9.17) is 4.74 Å². The summed E-state index contributed by atoms with van der Waals surface area (Å²) in [6.07, 6.45) is 3.76. The Hall–Kier alpha value is -0.860. The Labute approximate surface area is 130 Å². The van der Waals surface area contributed by atoms with Crippen LogP contribution in [0.25, 0.3) is 0 Å². The van der Waals surface area contributed by atoms with E-state index in [-0.39, 0.29) is 5.41 Å². The highest BCUT2D eigenvalue weighted by Gasteiger charge is 2.49. The van der Waals surface area contributed by atoms with Crippen molar-refractivity contribution >= 4 is 0 Å². The van der Waals surface area contributed by atoms with Crippen molar-refractivity contribution in [3.05, 3.63) is 35.4 Å². The minimum Gasteiger partial charge on any atom is -0.378 e. The molecule has 1 aliphatic rings. The van der Waals surface area contributed by atoms with Gasteiger partial charge in [-0.25, -0.2) is 0 Å². The number of nitrogens with one attached hydrogen (secondary N) is 1. The zero-order valence-electron chi connectivity index (χ0n) is 14.3. The molecule has 1 N–H and O–H groups in total. The Kier molecular flexibility index (Phi) is 5.45. The van der Waals surface area contributed by atoms with Crippen molar-refractivity contribution < 1.29 is 4.74 Å². The number of aryl methyl sites for hydroxylation is 1. The van der Waals surface area contributed by atoms with Crippen molar-refractivity contribution in [2.75, 3.05) is 6.61 Å². The fourth-order valence-corrected chi connectivity index (χ4v) is 3.33. The molecular formula is C19H31NO. The number of hydrogen-bond acceptors (Lipinski definition) is 2. The van der Waals surface area contributed by atoms with E-state index in [0.29, 0.717) is 18.2 Å². The summed E-state index contributed by atoms with van der Waals surface area (Å²) in [5.74, 6) is 0. The minimum atomic E-state index is 0.229. The summed E-state index contributed by atoms with van der Waals surface area (Å²) in [6, 6.07) is 10.1. The molecule has 0 bridgehead atoms. The SMILES string of the molecule is CCOC1CC(NC(CC)c2ccc(CC)cc2)C1(C)C. The van der Waals surface area contributed by atoms with E-state index in [1.54, 1.807) is 0 Å². The fourth-order valence-electron chi connectivity index (χ4n) is 3.33. The van der Waals surface area contributed by atoms with Crippen molar-refractivity contribution in [3.63, 3.8) is 0 Å². The molecule has 3 atom stereocenters. The first-order valence-electron chi connectivity index (χ1n) is 8.49. The quantitative estimate of drug-likeness (QED) is 0.798. The average Bonchev–Trinajstić information content (AvgIpc) is 2.50. The molecule has 3 unspecified atom stereocenters. The van der Waals surface area contributed by atoms with Gasteiger partial charge in [-0.05, 0) is 37.3 Å². The maximum Gasteiger partial charge on any atom is 0.0655 e. The number of benzene rings is 1. The zero-order chi connectivity index (χ0) is 15.5. The number of ether oxygens (including phenoxy) is 1. The molecule has 2 rings (SSSR count). The van der Waals surface area contributed by atoms with Gasteiger partial charge in [0.2, 0.25) is 0 Å². The van der Waals surface area contributed by atoms with Gasteiger partial charge in [-0.1, -0.05) is 52.0 Å². The second-order valence-corrected chi connectivity index (χ2v) is 6.78. The van der Waals surface area contributed by atoms with Crippen LogP contribution in [0.15, 0.2) is 24.3 Å². The molecule has 21 heavy (non-hydrogen) atoms. The predicted molar refractivity (Wildman–Crippen MR) is 89.6 cm³/mol. The van der Waals surface area contributed by atoms with Crippen LogP contribution in [0.4, 0.5) is 0 Å². The van der Waals surface area contributed by atoms with Gasteiger partial charge in [-0.2, -0.15) is 0 Å². The summed E-state index contributed by atoms with van der Waals surface area (Å²) in [5.41, 5.74) is 3.05. The van der Waals surface area contributed by atoms with Gasteiger partial charge in [-0.3, -0.25) is 0 Å². The van der Waals surface area contributed by atoms with Crippen LogP contribution in [0, 0.1) is 5.41 Å². The van der Waals surface area contributed by atoms with E-state index < -0.39 is 0 Å². The van der Waals surface area contributed by atoms with Gasteiger partial charge in [0.1, 0.15) is 0 Å². The van der Waals surface area contributed by atoms with E-state index in [0.717, 1.165) is 25.9 Å². The topological polar surface area (TPSA) is 21.3 Å². The summed E-state index contributed by atoms with van der Waals surface area (Å²) in [4.78, 5) is 0. The van der Waals surface area contributed by atoms with Crippen LogP contribution in [-0.2, 0) is 11.2 Å². The average molecular weight is 289 g/mol. The van der Waals surface area contributed by atoms with Crippen molar-refractivity contribution in [3.8, 4) is 0 Å². The molecular weight excluding hydrogens is 258 g/mol. The van der Waals surface area contributed by atoms with E-state index in [2.05, 4.69) is 64.2 Å². The number of hydrogen-bond donors (Lipinski definition) is 1. The summed E-state index contributed by atoms with van der Waals surface area (Å²) in [7, 11) is 0. The molecule has 1 saturated carbocycles. The molecule has 0 amide bonds. The van der Waals surface area contributed by atoms with Gasteiger partial charge in [0.25, 0.3) is 0 Å². The third kappa shape index (κ3) is 3.49. The van der Waals surface area contributed by atoms with Crippen LogP contribution in [-0.4, -0.2) is 18.8 Å². The largest absolute Gasteiger partial charge is 0.378 e. The minimum absolute atomic E-state index is 0.229. The van der Waals surface area contributed by atoms with Crippen LogP contribution in [0.1, 0.15) is 64.6 Å². The molecule has 1 aromatic carbocycles. The normalized spacial score (nSPS) is 25.4. The van der Waals surface area contributed by atoms with Crippen LogP contribution in [0.3, 0.4) is 0 Å². The summed E-state index contributed by atoms with van der Waals surface area (Å²) >= 11 is 0. The highest BCUT2D eigenvalue weighted by molar-refractivity contribution is 5.25. The fraction of sp³-hybridized carbons (Fsp3) is 0.684. The monoisotopic (exact) mass is 289 g/mol. The van der Waals surface area contributed by atoms with Gasteiger partial charge >= 0.3 is 0 Å². The van der Waals surface area contributed by atoms with Crippen LogP contribution < -0.4 is 5.32 Å². The lowest BCUT2D eigenvalue weighted by Crippen LogP contribution is -2.61. The molecule has 118 valence electrons. The van der Waals surface area contributed by atoms with Gasteiger partial charge in [0.15, 0.2) is 0 Å². The van der Waals surface area contributed by atoms with Gasteiger partial charge in [-0.15, -0.1) is 0 Å². The first-order chi connectivity index (χ1) is 10.0. The number of rotatable bonds is 7. The molecule has 0 radical (unpaired) electrons. The molecule has 0 spiro atoms. The second kappa shape index (κ2) is 6.93. The summed E-state index contributed by atoms with van der Waals surface area (Å²) < 4.78 is 5.83. The molecule has 2 nitrogen and oxygen atoms in total. The Morgan fingerprint density at radius 3 is 2.33 bits per heavy atom. The highest BCUT2D eigenvalue weighted by Crippen LogP contribution is 2.43. The first-order valence-corrected chi connectivity index (χ1v) is 8.49. The van der Waals surface area contributed by atoms with Gasteiger partial charge in [0, 0.05) is 24.1 Å². The van der Waals surface area contributed by atoms with Crippen molar-refractivity contribution in [1.82, 2.24) is 5.32 Å². The van der Waals surface area contributed by atoms with Crippen LogP contribution >= 0.6 is 0 Å². The lowest BCUT2D eigenvalue weighted by atomic mass is 9.64. The molecule has 2 heteroatoms. The smallest absolute Gasteiger partial charge is 0.0655 e. The zero-order valence-corrected chi connectivity index (χ0v) is 14.3. The van der Waals surface area contributed by atoms with Crippen molar-refractivity contribution in [2.24, 2.45) is 5.41 Å². The second-order valence-electron chi connectivity index (χ2n) is 6.78. The van der Waals surface area contributed by atoms with Gasteiger partial charge < -0.3 is 10.1 Å². The molecule has 0 aromatic heterocycles. The van der Waals surface area contributed by atoms with Crippen LogP contribution in [0.2, 0.25) is 0 Å². The first kappa shape index (κ1) is 16.5. The third-order valence-electron chi connectivity index (χ3n) is 5.15. The maximum atomic E-state index is 5.83. The van der Waals surface area contributed by atoms with Crippen LogP contribution in [0.5, 0.6) is 0 Å². The Morgan fingerprint density at radius 1 is 1.19 bits per heavy atom. The van der Waals surface area contributed by atoms with Crippen molar-refractivity contribution in [2.45, 2.75) is 72.1 Å². The highest BCUT2D eigenvalue weighted by atomic mass is 16.5. The molecule has 1 fully saturated rings. The standard InChI is InChI=1S/C19H31NO/c1-6-14-9-11-15(12-10-14)16(7-2)20-17-13-18(21-8-3)19(17,4)5/h9-12,16-18,20H,6-8,13H2,1-5H3. The van der Waals surface area contributed by atoms with E-state index in [9.17, 15) is 0 Å². The molecule has 0 heterocycles.